The first kappa shape index (κ1) is 20.0. The molecule has 3 aromatic heterocycles. The number of nitrogens with zero attached hydrogens (tertiary/aromatic N) is 5. The zero-order valence-corrected chi connectivity index (χ0v) is 17.8. The lowest BCUT2D eigenvalue weighted by molar-refractivity contribution is 0.310. The van der Waals surface area contributed by atoms with Crippen molar-refractivity contribution in [2.75, 3.05) is 38.1 Å². The van der Waals surface area contributed by atoms with Crippen LogP contribution in [-0.4, -0.2) is 52.1 Å². The quantitative estimate of drug-likeness (QED) is 0.463. The Hall–Kier alpha value is -2.97. The molecule has 0 aliphatic carbocycles. The van der Waals surface area contributed by atoms with Gasteiger partial charge in [0.15, 0.2) is 11.6 Å². The molecule has 0 atom stereocenters. The molecule has 0 bridgehead atoms. The molecule has 0 saturated carbocycles. The van der Waals surface area contributed by atoms with Gasteiger partial charge >= 0.3 is 0 Å². The van der Waals surface area contributed by atoms with Crippen LogP contribution in [0.3, 0.4) is 0 Å². The fourth-order valence-electron chi connectivity index (χ4n) is 3.88. The SMILES string of the molecule is CN1CCN(c2c(F)cc(Sn3ccc4c(-c5ccccn5)cncc43)cc2F)CC1. The van der Waals surface area contributed by atoms with E-state index in [1.807, 2.05) is 41.5 Å². The number of fused-ring (bicyclic) bond motifs is 1. The van der Waals surface area contributed by atoms with Crippen LogP contribution in [0.1, 0.15) is 0 Å². The topological polar surface area (TPSA) is 37.2 Å². The zero-order chi connectivity index (χ0) is 21.4. The van der Waals surface area contributed by atoms with E-state index in [0.717, 1.165) is 35.2 Å². The summed E-state index contributed by atoms with van der Waals surface area (Å²) in [7, 11) is 2.01. The molecule has 0 radical (unpaired) electrons. The molecular weight excluding hydrogens is 416 g/mol. The summed E-state index contributed by atoms with van der Waals surface area (Å²) in [6.45, 7) is 2.80. The highest BCUT2D eigenvalue weighted by atomic mass is 32.2. The van der Waals surface area contributed by atoms with Crippen molar-refractivity contribution in [1.82, 2.24) is 18.8 Å². The van der Waals surface area contributed by atoms with E-state index in [0.29, 0.717) is 18.0 Å². The van der Waals surface area contributed by atoms with E-state index in [9.17, 15) is 8.78 Å². The molecule has 1 aliphatic rings. The van der Waals surface area contributed by atoms with Gasteiger partial charge in [0.25, 0.3) is 0 Å². The molecule has 0 N–H and O–H groups in total. The van der Waals surface area contributed by atoms with Gasteiger partial charge in [0, 0.05) is 60.6 Å². The van der Waals surface area contributed by atoms with Crippen LogP contribution < -0.4 is 4.90 Å². The molecule has 5 rings (SSSR count). The number of halogens is 2. The molecule has 4 aromatic rings. The Bertz CT molecular complexity index is 1200. The first-order valence-corrected chi connectivity index (χ1v) is 10.8. The molecule has 0 spiro atoms. The Balaban J connectivity index is 1.45. The molecule has 4 heterocycles. The van der Waals surface area contributed by atoms with Crippen molar-refractivity contribution in [1.29, 1.82) is 0 Å². The predicted octanol–water partition coefficient (Wildman–Crippen LogP) is 4.68. The maximum absolute atomic E-state index is 14.9. The number of hydrogen-bond acceptors (Lipinski definition) is 5. The summed E-state index contributed by atoms with van der Waals surface area (Å²) in [6, 6.07) is 10.5. The molecule has 8 heteroatoms. The van der Waals surface area contributed by atoms with E-state index in [1.54, 1.807) is 23.5 Å². The first-order chi connectivity index (χ1) is 15.1. The van der Waals surface area contributed by atoms with Crippen molar-refractivity contribution in [3.05, 3.63) is 72.8 Å². The second-order valence-electron chi connectivity index (χ2n) is 7.59. The number of aromatic nitrogens is 3. The van der Waals surface area contributed by atoms with Crippen molar-refractivity contribution in [2.24, 2.45) is 0 Å². The van der Waals surface area contributed by atoms with Gasteiger partial charge in [0.2, 0.25) is 0 Å². The van der Waals surface area contributed by atoms with Crippen LogP contribution in [0.4, 0.5) is 14.5 Å². The summed E-state index contributed by atoms with van der Waals surface area (Å²) >= 11 is 1.26. The van der Waals surface area contributed by atoms with Crippen LogP contribution in [0.2, 0.25) is 0 Å². The largest absolute Gasteiger partial charge is 0.364 e. The molecule has 5 nitrogen and oxygen atoms in total. The van der Waals surface area contributed by atoms with Crippen molar-refractivity contribution >= 4 is 28.5 Å². The minimum absolute atomic E-state index is 0.0638. The lowest BCUT2D eigenvalue weighted by Gasteiger charge is -2.34. The van der Waals surface area contributed by atoms with E-state index < -0.39 is 11.6 Å². The Morgan fingerprint density at radius 3 is 2.45 bits per heavy atom. The van der Waals surface area contributed by atoms with Gasteiger partial charge in [-0.05, 0) is 49.3 Å². The van der Waals surface area contributed by atoms with Gasteiger partial charge in [-0.2, -0.15) is 0 Å². The summed E-state index contributed by atoms with van der Waals surface area (Å²) < 4.78 is 31.6. The molecule has 1 aliphatic heterocycles. The second kappa shape index (κ2) is 8.28. The van der Waals surface area contributed by atoms with Crippen LogP contribution in [0.25, 0.3) is 22.2 Å². The molecule has 31 heavy (non-hydrogen) atoms. The number of rotatable bonds is 4. The van der Waals surface area contributed by atoms with Gasteiger partial charge in [-0.15, -0.1) is 0 Å². The van der Waals surface area contributed by atoms with Gasteiger partial charge in [-0.25, -0.2) is 8.78 Å². The standard InChI is InChI=1S/C23H21F2N5S/c1-28-8-10-29(11-9-28)23-19(24)12-16(13-20(23)25)31-30-7-5-17-18(14-26-15-22(17)30)21-4-2-3-6-27-21/h2-7,12-15H,8-11H2,1H3. The third kappa shape index (κ3) is 3.88. The van der Waals surface area contributed by atoms with E-state index in [-0.39, 0.29) is 5.69 Å². The average molecular weight is 438 g/mol. The highest BCUT2D eigenvalue weighted by molar-refractivity contribution is 7.98. The van der Waals surface area contributed by atoms with Gasteiger partial charge < -0.3 is 9.80 Å². The van der Waals surface area contributed by atoms with E-state index in [1.165, 1.54) is 24.1 Å². The zero-order valence-electron chi connectivity index (χ0n) is 17.0. The first-order valence-electron chi connectivity index (χ1n) is 10.1. The number of pyridine rings is 2. The lowest BCUT2D eigenvalue weighted by atomic mass is 10.1. The monoisotopic (exact) mass is 437 g/mol. The Morgan fingerprint density at radius 1 is 0.968 bits per heavy atom. The Kier molecular flexibility index (Phi) is 5.33. The summed E-state index contributed by atoms with van der Waals surface area (Å²) in [6.07, 6.45) is 7.16. The minimum Gasteiger partial charge on any atom is -0.364 e. The van der Waals surface area contributed by atoms with E-state index in [2.05, 4.69) is 14.9 Å². The maximum Gasteiger partial charge on any atom is 0.150 e. The molecule has 0 amide bonds. The lowest BCUT2D eigenvalue weighted by Crippen LogP contribution is -2.45. The average Bonchev–Trinajstić information content (AvgIpc) is 3.18. The molecule has 158 valence electrons. The maximum atomic E-state index is 14.9. The normalized spacial score (nSPS) is 15.0. The molecule has 1 saturated heterocycles. The van der Waals surface area contributed by atoms with Crippen LogP contribution in [0, 0.1) is 11.6 Å². The van der Waals surface area contributed by atoms with Crippen LogP contribution >= 0.6 is 11.9 Å². The number of likely N-dealkylation sites (N-methyl/N-ethyl adjacent to an activating group) is 1. The Morgan fingerprint density at radius 2 is 1.74 bits per heavy atom. The van der Waals surface area contributed by atoms with Crippen molar-refractivity contribution < 1.29 is 8.78 Å². The van der Waals surface area contributed by atoms with Crippen molar-refractivity contribution in [2.45, 2.75) is 4.90 Å². The number of piperazine rings is 1. The molecule has 1 aromatic carbocycles. The summed E-state index contributed by atoms with van der Waals surface area (Å²) in [5, 5.41) is 0.983. The summed E-state index contributed by atoms with van der Waals surface area (Å²) in [4.78, 5) is 13.2. The number of benzene rings is 1. The highest BCUT2D eigenvalue weighted by Gasteiger charge is 2.22. The van der Waals surface area contributed by atoms with Crippen molar-refractivity contribution in [3.63, 3.8) is 0 Å². The van der Waals surface area contributed by atoms with Gasteiger partial charge in [0.1, 0.15) is 5.69 Å². The molecule has 0 unspecified atom stereocenters. The fourth-order valence-corrected chi connectivity index (χ4v) is 4.78. The summed E-state index contributed by atoms with van der Waals surface area (Å²) in [5.41, 5.74) is 2.67. The van der Waals surface area contributed by atoms with Gasteiger partial charge in [0.05, 0.1) is 17.4 Å². The van der Waals surface area contributed by atoms with Crippen LogP contribution in [-0.2, 0) is 0 Å². The highest BCUT2D eigenvalue weighted by Crippen LogP contribution is 2.34. The summed E-state index contributed by atoms with van der Waals surface area (Å²) in [5.74, 6) is -1.06. The van der Waals surface area contributed by atoms with Crippen LogP contribution in [0.5, 0.6) is 0 Å². The van der Waals surface area contributed by atoms with Gasteiger partial charge in [-0.3, -0.25) is 13.9 Å². The number of hydrogen-bond donors (Lipinski definition) is 0. The van der Waals surface area contributed by atoms with Crippen LogP contribution in [0.15, 0.2) is 66.1 Å². The fraction of sp³-hybridized carbons (Fsp3) is 0.217. The Labute approximate surface area is 183 Å². The molecule has 1 fully saturated rings. The third-order valence-electron chi connectivity index (χ3n) is 5.54. The number of anilines is 1. The smallest absolute Gasteiger partial charge is 0.150 e. The predicted molar refractivity (Wildman–Crippen MR) is 120 cm³/mol. The molecular formula is C23H21F2N5S. The third-order valence-corrected chi connectivity index (χ3v) is 6.50. The van der Waals surface area contributed by atoms with Gasteiger partial charge in [-0.1, -0.05) is 6.07 Å². The second-order valence-corrected chi connectivity index (χ2v) is 8.64. The minimum atomic E-state index is -0.532. The van der Waals surface area contributed by atoms with E-state index in [4.69, 9.17) is 0 Å². The van der Waals surface area contributed by atoms with E-state index >= 15 is 0 Å². The van der Waals surface area contributed by atoms with Crippen molar-refractivity contribution in [3.8, 4) is 11.3 Å².